The van der Waals surface area contributed by atoms with Gasteiger partial charge >= 0.3 is 0 Å². The summed E-state index contributed by atoms with van der Waals surface area (Å²) in [5.41, 5.74) is 2.26. The number of aliphatic imine (C=N–C) groups is 1. The Bertz CT molecular complexity index is 1290. The second-order valence-electron chi connectivity index (χ2n) is 10.4. The molecule has 0 bridgehead atoms. The smallest absolute Gasteiger partial charge is 0.224 e. The van der Waals surface area contributed by atoms with Crippen LogP contribution in [0.25, 0.3) is 0 Å². The molecular formula is C33H38N2O4. The van der Waals surface area contributed by atoms with E-state index in [0.717, 1.165) is 30.4 Å². The summed E-state index contributed by atoms with van der Waals surface area (Å²) in [7, 11) is 0. The van der Waals surface area contributed by atoms with Gasteiger partial charge in [-0.05, 0) is 59.7 Å². The fourth-order valence-electron chi connectivity index (χ4n) is 5.20. The molecule has 0 spiro atoms. The van der Waals surface area contributed by atoms with Gasteiger partial charge in [0.25, 0.3) is 0 Å². The lowest BCUT2D eigenvalue weighted by molar-refractivity contribution is -0.120. The zero-order valence-electron chi connectivity index (χ0n) is 22.5. The van der Waals surface area contributed by atoms with E-state index in [1.54, 1.807) is 18.3 Å². The molecule has 1 aliphatic rings. The highest BCUT2D eigenvalue weighted by atomic mass is 16.3. The van der Waals surface area contributed by atoms with Gasteiger partial charge in [-0.1, -0.05) is 73.7 Å². The molecule has 1 heterocycles. The number of carbonyl (C=O) groups is 1. The standard InChI is InChI=1S/C33H38N2O4/c1-2-32(17-7-19-35-32)24-33(39,29-15-16-30(37)28(21-29)23-36)22-27-13-11-26(12-14-27)20-31(38)34-18-6-10-25-8-4-3-5-9-25/h3-5,7-9,11-17,19,21,36-37,39H,2,6,10,18,20,22-24H2,1H3,(H,34,38). The number of phenols is 1. The first kappa shape index (κ1) is 28.3. The van der Waals surface area contributed by atoms with E-state index in [9.17, 15) is 20.1 Å². The summed E-state index contributed by atoms with van der Waals surface area (Å²) >= 11 is 0. The van der Waals surface area contributed by atoms with Crippen LogP contribution in [0.2, 0.25) is 0 Å². The highest BCUT2D eigenvalue weighted by Gasteiger charge is 2.40. The van der Waals surface area contributed by atoms with E-state index in [4.69, 9.17) is 0 Å². The number of nitrogens with one attached hydrogen (secondary N) is 1. The summed E-state index contributed by atoms with van der Waals surface area (Å²) < 4.78 is 0. The Balaban J connectivity index is 1.42. The number of aryl methyl sites for hydroxylation is 1. The molecule has 0 saturated carbocycles. The van der Waals surface area contributed by atoms with Gasteiger partial charge in [-0.15, -0.1) is 0 Å². The average Bonchev–Trinajstić information content (AvgIpc) is 3.41. The lowest BCUT2D eigenvalue weighted by Gasteiger charge is -2.36. The topological polar surface area (TPSA) is 102 Å². The summed E-state index contributed by atoms with van der Waals surface area (Å²) in [6, 6.07) is 22.9. The van der Waals surface area contributed by atoms with E-state index in [1.807, 2.05) is 61.5 Å². The van der Waals surface area contributed by atoms with Gasteiger partial charge in [0.05, 0.1) is 24.2 Å². The first-order valence-corrected chi connectivity index (χ1v) is 13.6. The molecule has 3 aromatic rings. The molecule has 4 rings (SSSR count). The Morgan fingerprint density at radius 1 is 1.00 bits per heavy atom. The Morgan fingerprint density at radius 2 is 1.74 bits per heavy atom. The molecule has 0 saturated heterocycles. The van der Waals surface area contributed by atoms with Crippen LogP contribution in [0.15, 0.2) is 89.9 Å². The highest BCUT2D eigenvalue weighted by Crippen LogP contribution is 2.40. The minimum absolute atomic E-state index is 0.00437. The van der Waals surface area contributed by atoms with Crippen molar-refractivity contribution in [3.63, 3.8) is 0 Å². The molecule has 39 heavy (non-hydrogen) atoms. The predicted octanol–water partition coefficient (Wildman–Crippen LogP) is 4.79. The number of hydrogen-bond donors (Lipinski definition) is 4. The number of amides is 1. The molecular weight excluding hydrogens is 488 g/mol. The van der Waals surface area contributed by atoms with E-state index in [2.05, 4.69) is 22.4 Å². The van der Waals surface area contributed by atoms with E-state index in [0.29, 0.717) is 36.9 Å². The zero-order valence-corrected chi connectivity index (χ0v) is 22.5. The monoisotopic (exact) mass is 526 g/mol. The normalized spacial score (nSPS) is 17.7. The van der Waals surface area contributed by atoms with Gasteiger partial charge in [0.15, 0.2) is 0 Å². The van der Waals surface area contributed by atoms with Crippen LogP contribution in [0.5, 0.6) is 5.75 Å². The average molecular weight is 527 g/mol. The van der Waals surface area contributed by atoms with Gasteiger partial charge in [0.2, 0.25) is 5.91 Å². The minimum atomic E-state index is -1.29. The molecule has 4 N–H and O–H groups in total. The molecule has 2 unspecified atom stereocenters. The van der Waals surface area contributed by atoms with E-state index in [-0.39, 0.29) is 18.3 Å². The van der Waals surface area contributed by atoms with Crippen LogP contribution in [-0.4, -0.2) is 39.5 Å². The number of aliphatic hydroxyl groups is 2. The molecule has 6 heteroatoms. The Kier molecular flexibility index (Phi) is 9.33. The largest absolute Gasteiger partial charge is 0.508 e. The molecule has 6 nitrogen and oxygen atoms in total. The van der Waals surface area contributed by atoms with Gasteiger partial charge in [0, 0.05) is 31.2 Å². The molecule has 1 amide bonds. The van der Waals surface area contributed by atoms with E-state index in [1.165, 1.54) is 11.6 Å². The third kappa shape index (κ3) is 7.43. The molecule has 0 radical (unpaired) electrons. The number of aliphatic hydroxyl groups excluding tert-OH is 1. The first-order chi connectivity index (χ1) is 18.8. The van der Waals surface area contributed by atoms with Crippen molar-refractivity contribution in [2.24, 2.45) is 4.99 Å². The van der Waals surface area contributed by atoms with Crippen molar-refractivity contribution >= 4 is 12.1 Å². The lowest BCUT2D eigenvalue weighted by Crippen LogP contribution is -2.38. The zero-order chi connectivity index (χ0) is 27.7. The van der Waals surface area contributed by atoms with E-state index >= 15 is 0 Å². The maximum absolute atomic E-state index is 12.5. The van der Waals surface area contributed by atoms with E-state index < -0.39 is 11.1 Å². The third-order valence-corrected chi connectivity index (χ3v) is 7.51. The minimum Gasteiger partial charge on any atom is -0.508 e. The SMILES string of the molecule is CCC1(CC(O)(Cc2ccc(CC(=O)NCCCc3ccccc3)cc2)c2ccc(O)c(CO)c2)C=CC=N1. The quantitative estimate of drug-likeness (QED) is 0.241. The molecule has 3 aromatic carbocycles. The fourth-order valence-corrected chi connectivity index (χ4v) is 5.20. The maximum Gasteiger partial charge on any atom is 0.224 e. The number of nitrogens with zero attached hydrogens (tertiary/aromatic N) is 1. The van der Waals surface area contributed by atoms with Crippen LogP contribution < -0.4 is 5.32 Å². The lowest BCUT2D eigenvalue weighted by atomic mass is 9.75. The molecule has 2 atom stereocenters. The summed E-state index contributed by atoms with van der Waals surface area (Å²) in [5.74, 6) is -0.0148. The Labute approximate surface area is 230 Å². The second-order valence-corrected chi connectivity index (χ2v) is 10.4. The number of rotatable bonds is 13. The predicted molar refractivity (Wildman–Crippen MR) is 155 cm³/mol. The highest BCUT2D eigenvalue weighted by molar-refractivity contribution is 5.78. The summed E-state index contributed by atoms with van der Waals surface area (Å²) in [4.78, 5) is 17.1. The summed E-state index contributed by atoms with van der Waals surface area (Å²) in [6.45, 7) is 2.36. The first-order valence-electron chi connectivity index (χ1n) is 13.6. The van der Waals surface area contributed by atoms with Crippen molar-refractivity contribution in [3.8, 4) is 5.75 Å². The van der Waals surface area contributed by atoms with Crippen molar-refractivity contribution in [1.82, 2.24) is 5.32 Å². The van der Waals surface area contributed by atoms with Crippen LogP contribution in [0.4, 0.5) is 0 Å². The third-order valence-electron chi connectivity index (χ3n) is 7.51. The Morgan fingerprint density at radius 3 is 2.41 bits per heavy atom. The number of aromatic hydroxyl groups is 1. The number of carbonyl (C=O) groups excluding carboxylic acids is 1. The fraction of sp³-hybridized carbons (Fsp3) is 0.333. The van der Waals surface area contributed by atoms with Crippen LogP contribution in [0.3, 0.4) is 0 Å². The number of allylic oxidation sites excluding steroid dienone is 1. The van der Waals surface area contributed by atoms with Crippen molar-refractivity contribution < 1.29 is 20.1 Å². The van der Waals surface area contributed by atoms with Crippen LogP contribution in [0.1, 0.15) is 54.0 Å². The van der Waals surface area contributed by atoms with Crippen LogP contribution in [0, 0.1) is 0 Å². The second kappa shape index (κ2) is 12.9. The van der Waals surface area contributed by atoms with Gasteiger partial charge < -0.3 is 20.6 Å². The molecule has 1 aliphatic heterocycles. The van der Waals surface area contributed by atoms with Crippen molar-refractivity contribution in [2.75, 3.05) is 6.54 Å². The summed E-state index contributed by atoms with van der Waals surface area (Å²) in [6.07, 6.45) is 9.21. The Hall–Kier alpha value is -3.74. The maximum atomic E-state index is 12.5. The van der Waals surface area contributed by atoms with Gasteiger partial charge in [0.1, 0.15) is 5.75 Å². The van der Waals surface area contributed by atoms with Crippen molar-refractivity contribution in [2.45, 2.75) is 63.2 Å². The number of hydrogen-bond acceptors (Lipinski definition) is 5. The summed E-state index contributed by atoms with van der Waals surface area (Å²) in [5, 5.41) is 34.9. The van der Waals surface area contributed by atoms with Crippen LogP contribution >= 0.6 is 0 Å². The van der Waals surface area contributed by atoms with Crippen LogP contribution in [-0.2, 0) is 36.3 Å². The molecule has 0 fully saturated rings. The van der Waals surface area contributed by atoms with Crippen molar-refractivity contribution in [3.05, 3.63) is 113 Å². The molecule has 204 valence electrons. The van der Waals surface area contributed by atoms with Gasteiger partial charge in [-0.25, -0.2) is 0 Å². The molecule has 0 aromatic heterocycles. The van der Waals surface area contributed by atoms with Crippen molar-refractivity contribution in [1.29, 1.82) is 0 Å². The number of benzene rings is 3. The molecule has 0 aliphatic carbocycles. The van der Waals surface area contributed by atoms with Gasteiger partial charge in [-0.2, -0.15) is 0 Å². The van der Waals surface area contributed by atoms with Gasteiger partial charge in [-0.3, -0.25) is 9.79 Å².